The number of nitrogens with one attached hydrogen (secondary N) is 3. The van der Waals surface area contributed by atoms with Crippen molar-refractivity contribution >= 4 is 33.4 Å². The van der Waals surface area contributed by atoms with Crippen molar-refractivity contribution in [3.05, 3.63) is 115 Å². The van der Waals surface area contributed by atoms with E-state index in [1.807, 2.05) is 66.7 Å². The van der Waals surface area contributed by atoms with Crippen molar-refractivity contribution in [3.63, 3.8) is 0 Å². The number of anilines is 1. The lowest BCUT2D eigenvalue weighted by molar-refractivity contribution is -0.115. The number of aromatic amines is 2. The molecule has 0 bridgehead atoms. The van der Waals surface area contributed by atoms with Crippen molar-refractivity contribution in [1.29, 1.82) is 0 Å². The van der Waals surface area contributed by atoms with Crippen LogP contribution < -0.4 is 5.32 Å². The lowest BCUT2D eigenvalue weighted by Gasteiger charge is -2.08. The van der Waals surface area contributed by atoms with Gasteiger partial charge in [-0.3, -0.25) is 19.9 Å². The number of aromatic hydroxyl groups is 1. The van der Waals surface area contributed by atoms with Gasteiger partial charge in [0.05, 0.1) is 35.2 Å². The predicted molar refractivity (Wildman–Crippen MR) is 160 cm³/mol. The SMILES string of the molecule is O=C(Cc1ccccc1)Nc1cncc(-c2ccc3[nH]nc(-c4cc5c(-c6cc(O)cc(F)c6)nccc5[nH]4)c3c2)c1. The molecule has 0 spiro atoms. The molecule has 4 aromatic heterocycles. The Bertz CT molecular complexity index is 2080. The molecule has 1 amide bonds. The summed E-state index contributed by atoms with van der Waals surface area (Å²) < 4.78 is 14.0. The Kier molecular flexibility index (Phi) is 6.16. The fourth-order valence-corrected chi connectivity index (χ4v) is 5.17. The summed E-state index contributed by atoms with van der Waals surface area (Å²) in [6.45, 7) is 0. The second kappa shape index (κ2) is 10.3. The van der Waals surface area contributed by atoms with Gasteiger partial charge in [0.25, 0.3) is 0 Å². The molecule has 0 fully saturated rings. The zero-order valence-corrected chi connectivity index (χ0v) is 22.1. The summed E-state index contributed by atoms with van der Waals surface area (Å²) in [5.74, 6) is -0.826. The number of halogens is 1. The second-order valence-electron chi connectivity index (χ2n) is 10.0. The van der Waals surface area contributed by atoms with Crippen LogP contribution in [0.3, 0.4) is 0 Å². The maximum atomic E-state index is 14.0. The Morgan fingerprint density at radius 2 is 1.69 bits per heavy atom. The topological polar surface area (TPSA) is 120 Å². The highest BCUT2D eigenvalue weighted by Gasteiger charge is 2.16. The van der Waals surface area contributed by atoms with Gasteiger partial charge in [0, 0.05) is 45.9 Å². The number of rotatable bonds is 6. The van der Waals surface area contributed by atoms with Crippen molar-refractivity contribution in [2.75, 3.05) is 5.32 Å². The number of phenolic OH excluding ortho intramolecular Hbond substituents is 1. The van der Waals surface area contributed by atoms with E-state index in [1.165, 1.54) is 12.1 Å². The first-order valence-electron chi connectivity index (χ1n) is 13.3. The van der Waals surface area contributed by atoms with Crippen LogP contribution in [-0.4, -0.2) is 36.2 Å². The molecule has 0 atom stereocenters. The first-order chi connectivity index (χ1) is 20.5. The molecule has 3 aromatic carbocycles. The fraction of sp³-hybridized carbons (Fsp3) is 0.0303. The number of carbonyl (C=O) groups is 1. The molecule has 7 aromatic rings. The Balaban J connectivity index is 1.22. The second-order valence-corrected chi connectivity index (χ2v) is 10.0. The molecule has 0 saturated heterocycles. The standard InChI is InChI=1S/C33H23FN6O2/c34-23-11-21(13-25(41)15-23)32-27-16-30(38-28(27)8-9-36-32)33-26-14-20(6-7-29(26)39-40-33)22-12-24(18-35-17-22)37-31(42)10-19-4-2-1-3-5-19/h1-9,11-18,38,41H,10H2,(H,37,42)(H,39,40). The first-order valence-corrected chi connectivity index (χ1v) is 13.3. The normalized spacial score (nSPS) is 11.3. The number of carbonyl (C=O) groups excluding carboxylic acids is 1. The predicted octanol–water partition coefficient (Wildman–Crippen LogP) is 6.86. The maximum absolute atomic E-state index is 14.0. The molecule has 9 heteroatoms. The van der Waals surface area contributed by atoms with E-state index in [2.05, 4.69) is 30.5 Å². The van der Waals surface area contributed by atoms with Crippen LogP contribution in [0.1, 0.15) is 5.56 Å². The smallest absolute Gasteiger partial charge is 0.228 e. The number of phenols is 1. The third kappa shape index (κ3) is 4.84. The molecule has 4 heterocycles. The number of aromatic nitrogens is 5. The number of H-pyrrole nitrogens is 2. The van der Waals surface area contributed by atoms with Crippen molar-refractivity contribution in [3.8, 4) is 39.5 Å². The van der Waals surface area contributed by atoms with Gasteiger partial charge < -0.3 is 15.4 Å². The molecule has 0 aliphatic rings. The molecular formula is C33H23FN6O2. The zero-order chi connectivity index (χ0) is 28.6. The third-order valence-corrected chi connectivity index (χ3v) is 7.08. The Hall–Kier alpha value is -5.83. The minimum atomic E-state index is -0.542. The van der Waals surface area contributed by atoms with Gasteiger partial charge in [-0.2, -0.15) is 5.10 Å². The average molecular weight is 555 g/mol. The molecule has 0 radical (unpaired) electrons. The number of pyridine rings is 2. The summed E-state index contributed by atoms with van der Waals surface area (Å²) in [4.78, 5) is 24.8. The van der Waals surface area contributed by atoms with E-state index in [1.54, 1.807) is 18.6 Å². The molecule has 204 valence electrons. The van der Waals surface area contributed by atoms with E-state index in [9.17, 15) is 14.3 Å². The number of fused-ring (bicyclic) bond motifs is 2. The maximum Gasteiger partial charge on any atom is 0.228 e. The monoisotopic (exact) mass is 554 g/mol. The van der Waals surface area contributed by atoms with E-state index in [-0.39, 0.29) is 18.1 Å². The zero-order valence-electron chi connectivity index (χ0n) is 22.1. The van der Waals surface area contributed by atoms with Gasteiger partial charge in [0.2, 0.25) is 5.91 Å². The van der Waals surface area contributed by atoms with Crippen molar-refractivity contribution in [2.45, 2.75) is 6.42 Å². The molecule has 0 unspecified atom stereocenters. The highest BCUT2D eigenvalue weighted by molar-refractivity contribution is 6.01. The van der Waals surface area contributed by atoms with E-state index in [0.717, 1.165) is 50.3 Å². The molecule has 42 heavy (non-hydrogen) atoms. The van der Waals surface area contributed by atoms with E-state index < -0.39 is 5.82 Å². The minimum absolute atomic E-state index is 0.117. The number of nitrogens with zero attached hydrogens (tertiary/aromatic N) is 3. The van der Waals surface area contributed by atoms with Crippen molar-refractivity contribution in [1.82, 2.24) is 25.1 Å². The van der Waals surface area contributed by atoms with Crippen LogP contribution in [-0.2, 0) is 11.2 Å². The summed E-state index contributed by atoms with van der Waals surface area (Å²) in [7, 11) is 0. The number of hydrogen-bond acceptors (Lipinski definition) is 5. The molecule has 8 nitrogen and oxygen atoms in total. The summed E-state index contributed by atoms with van der Waals surface area (Å²) in [5, 5.41) is 22.2. The van der Waals surface area contributed by atoms with Crippen molar-refractivity contribution < 1.29 is 14.3 Å². The molecule has 0 aliphatic carbocycles. The molecule has 0 aliphatic heterocycles. The molecule has 0 saturated carbocycles. The van der Waals surface area contributed by atoms with Gasteiger partial charge in [0.15, 0.2) is 0 Å². The fourth-order valence-electron chi connectivity index (χ4n) is 5.17. The number of benzene rings is 3. The highest BCUT2D eigenvalue weighted by atomic mass is 19.1. The molecule has 4 N–H and O–H groups in total. The summed E-state index contributed by atoms with van der Waals surface area (Å²) in [6, 6.07) is 25.1. The van der Waals surface area contributed by atoms with E-state index in [4.69, 9.17) is 0 Å². The minimum Gasteiger partial charge on any atom is -0.508 e. The Morgan fingerprint density at radius 1 is 0.833 bits per heavy atom. The number of hydrogen-bond donors (Lipinski definition) is 4. The number of amides is 1. The van der Waals surface area contributed by atoms with Gasteiger partial charge >= 0.3 is 0 Å². The largest absolute Gasteiger partial charge is 0.508 e. The third-order valence-electron chi connectivity index (χ3n) is 7.08. The Morgan fingerprint density at radius 3 is 2.55 bits per heavy atom. The van der Waals surface area contributed by atoms with Gasteiger partial charge in [-0.25, -0.2) is 4.39 Å². The quantitative estimate of drug-likeness (QED) is 0.179. The first kappa shape index (κ1) is 25.2. The van der Waals surface area contributed by atoms with Gasteiger partial charge in [-0.1, -0.05) is 36.4 Å². The van der Waals surface area contributed by atoms with Crippen LogP contribution in [0.5, 0.6) is 5.75 Å². The summed E-state index contributed by atoms with van der Waals surface area (Å²) in [6.07, 6.45) is 5.29. The molecular weight excluding hydrogens is 531 g/mol. The van der Waals surface area contributed by atoms with Crippen LogP contribution in [0.2, 0.25) is 0 Å². The van der Waals surface area contributed by atoms with Crippen LogP contribution in [0.15, 0.2) is 104 Å². The lowest BCUT2D eigenvalue weighted by Crippen LogP contribution is -2.14. The van der Waals surface area contributed by atoms with Crippen LogP contribution in [0.4, 0.5) is 10.1 Å². The lowest BCUT2D eigenvalue weighted by atomic mass is 10.0. The average Bonchev–Trinajstić information content (AvgIpc) is 3.61. The van der Waals surface area contributed by atoms with Gasteiger partial charge in [-0.05, 0) is 53.6 Å². The Labute approximate surface area is 238 Å². The van der Waals surface area contributed by atoms with Gasteiger partial charge in [0.1, 0.15) is 17.3 Å². The highest BCUT2D eigenvalue weighted by Crippen LogP contribution is 2.35. The molecule has 7 rings (SSSR count). The van der Waals surface area contributed by atoms with Crippen LogP contribution in [0, 0.1) is 5.82 Å². The van der Waals surface area contributed by atoms with Crippen LogP contribution in [0.25, 0.3) is 55.6 Å². The van der Waals surface area contributed by atoms with E-state index in [0.29, 0.717) is 22.6 Å². The summed E-state index contributed by atoms with van der Waals surface area (Å²) >= 11 is 0. The van der Waals surface area contributed by atoms with Crippen molar-refractivity contribution in [2.24, 2.45) is 0 Å². The van der Waals surface area contributed by atoms with E-state index >= 15 is 0 Å². The van der Waals surface area contributed by atoms with Crippen LogP contribution >= 0.6 is 0 Å². The summed E-state index contributed by atoms with van der Waals surface area (Å²) in [5.41, 5.74) is 7.42. The van der Waals surface area contributed by atoms with Gasteiger partial charge in [-0.15, -0.1) is 0 Å².